The van der Waals surface area contributed by atoms with Gasteiger partial charge in [0, 0.05) is 11.3 Å². The SMILES string of the molecule is Cc1cc(C(=O)Nc2ccc(C#N)c(Cl)c2)ccc1NN. The third-order valence-electron chi connectivity index (χ3n) is 2.99. The van der Waals surface area contributed by atoms with Gasteiger partial charge in [0.25, 0.3) is 5.91 Å². The van der Waals surface area contributed by atoms with Crippen LogP contribution in [0.1, 0.15) is 21.5 Å². The summed E-state index contributed by atoms with van der Waals surface area (Å²) in [6.07, 6.45) is 0. The van der Waals surface area contributed by atoms with Gasteiger partial charge in [0.15, 0.2) is 0 Å². The van der Waals surface area contributed by atoms with Crippen molar-refractivity contribution in [3.8, 4) is 6.07 Å². The number of benzene rings is 2. The number of halogens is 1. The van der Waals surface area contributed by atoms with Crippen molar-refractivity contribution in [2.24, 2.45) is 5.84 Å². The van der Waals surface area contributed by atoms with Crippen molar-refractivity contribution in [3.05, 3.63) is 58.1 Å². The van der Waals surface area contributed by atoms with E-state index in [1.54, 1.807) is 36.4 Å². The van der Waals surface area contributed by atoms with E-state index in [1.807, 2.05) is 13.0 Å². The predicted octanol–water partition coefficient (Wildman–Crippen LogP) is 3.06. The Labute approximate surface area is 127 Å². The number of nitriles is 1. The van der Waals surface area contributed by atoms with Gasteiger partial charge in [-0.3, -0.25) is 10.6 Å². The molecule has 0 radical (unpaired) electrons. The number of carbonyl (C=O) groups is 1. The molecule has 4 N–H and O–H groups in total. The second-order valence-corrected chi connectivity index (χ2v) is 4.84. The molecule has 106 valence electrons. The molecule has 0 heterocycles. The summed E-state index contributed by atoms with van der Waals surface area (Å²) in [4.78, 5) is 12.2. The van der Waals surface area contributed by atoms with E-state index in [0.717, 1.165) is 11.3 Å². The standard InChI is InChI=1S/C15H13ClN4O/c1-9-6-10(3-5-14(9)20-18)15(21)19-12-4-2-11(8-17)13(16)7-12/h2-7,20H,18H2,1H3,(H,19,21). The third kappa shape index (κ3) is 3.31. The molecule has 0 unspecified atom stereocenters. The van der Waals surface area contributed by atoms with Crippen LogP contribution in [-0.4, -0.2) is 5.91 Å². The average molecular weight is 301 g/mol. The highest BCUT2D eigenvalue weighted by molar-refractivity contribution is 6.32. The largest absolute Gasteiger partial charge is 0.324 e. The molecule has 0 spiro atoms. The highest BCUT2D eigenvalue weighted by Gasteiger charge is 2.09. The van der Waals surface area contributed by atoms with Crippen LogP contribution in [0.25, 0.3) is 0 Å². The van der Waals surface area contributed by atoms with Crippen LogP contribution in [0.15, 0.2) is 36.4 Å². The zero-order valence-corrected chi connectivity index (χ0v) is 12.0. The first kappa shape index (κ1) is 14.9. The van der Waals surface area contributed by atoms with Crippen LogP contribution in [0.3, 0.4) is 0 Å². The van der Waals surface area contributed by atoms with Gasteiger partial charge in [0.05, 0.1) is 16.3 Å². The van der Waals surface area contributed by atoms with Gasteiger partial charge in [-0.05, 0) is 48.9 Å². The first-order valence-corrected chi connectivity index (χ1v) is 6.51. The molecule has 0 aliphatic heterocycles. The maximum Gasteiger partial charge on any atom is 0.255 e. The Bertz CT molecular complexity index is 737. The van der Waals surface area contributed by atoms with Crippen LogP contribution in [-0.2, 0) is 0 Å². The summed E-state index contributed by atoms with van der Waals surface area (Å²) in [6, 6.07) is 11.8. The molecule has 0 aromatic heterocycles. The van der Waals surface area contributed by atoms with Crippen molar-refractivity contribution in [3.63, 3.8) is 0 Å². The highest BCUT2D eigenvalue weighted by atomic mass is 35.5. The lowest BCUT2D eigenvalue weighted by atomic mass is 10.1. The fourth-order valence-corrected chi connectivity index (χ4v) is 2.08. The van der Waals surface area contributed by atoms with E-state index in [1.165, 1.54) is 0 Å². The molecule has 21 heavy (non-hydrogen) atoms. The fraction of sp³-hybridized carbons (Fsp3) is 0.0667. The zero-order valence-electron chi connectivity index (χ0n) is 11.3. The third-order valence-corrected chi connectivity index (χ3v) is 3.30. The highest BCUT2D eigenvalue weighted by Crippen LogP contribution is 2.21. The normalized spacial score (nSPS) is 9.81. The number of hydrazine groups is 1. The molecule has 0 fully saturated rings. The minimum Gasteiger partial charge on any atom is -0.324 e. The van der Waals surface area contributed by atoms with E-state index in [4.69, 9.17) is 22.7 Å². The van der Waals surface area contributed by atoms with Gasteiger partial charge < -0.3 is 10.7 Å². The van der Waals surface area contributed by atoms with Crippen LogP contribution >= 0.6 is 11.6 Å². The number of nitrogens with zero attached hydrogens (tertiary/aromatic N) is 1. The number of rotatable bonds is 3. The Hall–Kier alpha value is -2.55. The Morgan fingerprint density at radius 2 is 2.05 bits per heavy atom. The lowest BCUT2D eigenvalue weighted by Crippen LogP contribution is -2.13. The maximum atomic E-state index is 12.2. The summed E-state index contributed by atoms with van der Waals surface area (Å²) in [7, 11) is 0. The van der Waals surface area contributed by atoms with E-state index in [0.29, 0.717) is 21.8 Å². The minimum absolute atomic E-state index is 0.262. The molecule has 0 bridgehead atoms. The Balaban J connectivity index is 2.20. The lowest BCUT2D eigenvalue weighted by molar-refractivity contribution is 0.102. The van der Waals surface area contributed by atoms with Crippen LogP contribution in [0.2, 0.25) is 5.02 Å². The molecule has 6 heteroatoms. The van der Waals surface area contributed by atoms with Crippen molar-refractivity contribution in [2.45, 2.75) is 6.92 Å². The van der Waals surface area contributed by atoms with Gasteiger partial charge in [-0.15, -0.1) is 0 Å². The molecule has 0 aliphatic rings. The maximum absolute atomic E-state index is 12.2. The number of hydrogen-bond acceptors (Lipinski definition) is 4. The molecular formula is C15H13ClN4O. The Morgan fingerprint density at radius 3 is 2.62 bits per heavy atom. The molecule has 2 rings (SSSR count). The number of aryl methyl sites for hydroxylation is 1. The van der Waals surface area contributed by atoms with E-state index in [-0.39, 0.29) is 5.91 Å². The number of nitrogens with one attached hydrogen (secondary N) is 2. The number of amides is 1. The van der Waals surface area contributed by atoms with Gasteiger partial charge in [0.2, 0.25) is 0 Å². The van der Waals surface area contributed by atoms with Crippen molar-refractivity contribution in [1.82, 2.24) is 0 Å². The number of carbonyl (C=O) groups excluding carboxylic acids is 1. The summed E-state index contributed by atoms with van der Waals surface area (Å²) >= 11 is 5.93. The van der Waals surface area contributed by atoms with E-state index < -0.39 is 0 Å². The Kier molecular flexibility index (Phi) is 4.43. The zero-order chi connectivity index (χ0) is 15.4. The molecule has 2 aromatic rings. The van der Waals surface area contributed by atoms with Gasteiger partial charge in [-0.2, -0.15) is 5.26 Å². The van der Waals surface area contributed by atoms with Crippen LogP contribution in [0.4, 0.5) is 11.4 Å². The summed E-state index contributed by atoms with van der Waals surface area (Å²) < 4.78 is 0. The van der Waals surface area contributed by atoms with Gasteiger partial charge in [-0.25, -0.2) is 0 Å². The summed E-state index contributed by atoms with van der Waals surface area (Å²) in [6.45, 7) is 1.85. The van der Waals surface area contributed by atoms with Gasteiger partial charge in [-0.1, -0.05) is 11.6 Å². The van der Waals surface area contributed by atoms with Crippen molar-refractivity contribution in [2.75, 3.05) is 10.7 Å². The quantitative estimate of drug-likeness (QED) is 0.600. The predicted molar refractivity (Wildman–Crippen MR) is 83.1 cm³/mol. The lowest BCUT2D eigenvalue weighted by Gasteiger charge is -2.09. The molecule has 0 saturated carbocycles. The molecule has 0 aliphatic carbocycles. The number of nitrogen functional groups attached to an aromatic ring is 1. The first-order valence-electron chi connectivity index (χ1n) is 6.13. The van der Waals surface area contributed by atoms with E-state index in [9.17, 15) is 4.79 Å². The first-order chi connectivity index (χ1) is 10.0. The molecule has 0 saturated heterocycles. The average Bonchev–Trinajstić information content (AvgIpc) is 2.47. The smallest absolute Gasteiger partial charge is 0.255 e. The van der Waals surface area contributed by atoms with Crippen molar-refractivity contribution >= 4 is 28.9 Å². The van der Waals surface area contributed by atoms with Crippen molar-refractivity contribution in [1.29, 1.82) is 5.26 Å². The molecular weight excluding hydrogens is 288 g/mol. The Morgan fingerprint density at radius 1 is 1.29 bits per heavy atom. The van der Waals surface area contributed by atoms with Crippen molar-refractivity contribution < 1.29 is 4.79 Å². The minimum atomic E-state index is -0.262. The summed E-state index contributed by atoms with van der Waals surface area (Å²) in [5.74, 6) is 5.09. The number of hydrogen-bond donors (Lipinski definition) is 3. The number of anilines is 2. The molecule has 1 amide bonds. The molecule has 2 aromatic carbocycles. The van der Waals surface area contributed by atoms with Crippen LogP contribution in [0.5, 0.6) is 0 Å². The van der Waals surface area contributed by atoms with Gasteiger partial charge >= 0.3 is 0 Å². The van der Waals surface area contributed by atoms with Crippen LogP contribution in [0, 0.1) is 18.3 Å². The fourth-order valence-electron chi connectivity index (χ4n) is 1.85. The van der Waals surface area contributed by atoms with Gasteiger partial charge in [0.1, 0.15) is 6.07 Å². The second-order valence-electron chi connectivity index (χ2n) is 4.43. The van der Waals surface area contributed by atoms with E-state index in [2.05, 4.69) is 10.7 Å². The monoisotopic (exact) mass is 300 g/mol. The molecule has 5 nitrogen and oxygen atoms in total. The second kappa shape index (κ2) is 6.27. The molecule has 0 atom stereocenters. The van der Waals surface area contributed by atoms with Crippen LogP contribution < -0.4 is 16.6 Å². The van der Waals surface area contributed by atoms with E-state index >= 15 is 0 Å². The summed E-state index contributed by atoms with van der Waals surface area (Å²) in [5, 5.41) is 11.8. The number of nitrogens with two attached hydrogens (primary N) is 1. The topological polar surface area (TPSA) is 90.9 Å². The summed E-state index contributed by atoms with van der Waals surface area (Å²) in [5.41, 5.74) is 5.57.